The average Bonchev–Trinajstić information content (AvgIpc) is 3.26. The van der Waals surface area contributed by atoms with Crippen LogP contribution >= 0.6 is 11.3 Å². The maximum atomic E-state index is 12.6. The number of aromatic nitrogens is 1. The number of rotatable bonds is 4. The van der Waals surface area contributed by atoms with Crippen LogP contribution < -0.4 is 4.74 Å². The highest BCUT2D eigenvalue weighted by molar-refractivity contribution is 7.07. The minimum atomic E-state index is 0.224. The molecule has 0 saturated carbocycles. The molecule has 0 spiro atoms. The van der Waals surface area contributed by atoms with E-state index in [2.05, 4.69) is 21.3 Å². The second-order valence-electron chi connectivity index (χ2n) is 6.35. The zero-order valence-electron chi connectivity index (χ0n) is 13.6. The average molecular weight is 343 g/mol. The molecule has 1 fully saturated rings. The first kappa shape index (κ1) is 15.6. The topological polar surface area (TPSA) is 45.7 Å². The molecule has 0 unspecified atom stereocenters. The van der Waals surface area contributed by atoms with Crippen LogP contribution in [0.25, 0.3) is 0 Å². The van der Waals surface area contributed by atoms with Gasteiger partial charge in [-0.05, 0) is 17.2 Å². The quantitative estimate of drug-likeness (QED) is 0.851. The molecule has 0 N–H and O–H groups in total. The van der Waals surface area contributed by atoms with Crippen LogP contribution in [0.3, 0.4) is 0 Å². The predicted molar refractivity (Wildman–Crippen MR) is 93.3 cm³/mol. The summed E-state index contributed by atoms with van der Waals surface area (Å²) < 4.78 is 5.52. The number of fused-ring (bicyclic) bond motifs is 1. The highest BCUT2D eigenvalue weighted by Crippen LogP contribution is 2.26. The fourth-order valence-corrected chi connectivity index (χ4v) is 3.89. The monoisotopic (exact) mass is 343 g/mol. The molecule has 0 radical (unpaired) electrons. The van der Waals surface area contributed by atoms with Gasteiger partial charge in [0.25, 0.3) is 0 Å². The number of amides is 1. The second kappa shape index (κ2) is 6.91. The summed E-state index contributed by atoms with van der Waals surface area (Å²) in [5.74, 6) is 1.20. The molecular weight excluding hydrogens is 322 g/mol. The van der Waals surface area contributed by atoms with Gasteiger partial charge in [-0.1, -0.05) is 12.1 Å². The van der Waals surface area contributed by atoms with Gasteiger partial charge in [0.15, 0.2) is 0 Å². The van der Waals surface area contributed by atoms with Crippen molar-refractivity contribution in [1.82, 2.24) is 14.8 Å². The maximum Gasteiger partial charge on any atom is 0.227 e. The van der Waals surface area contributed by atoms with Crippen molar-refractivity contribution in [1.29, 1.82) is 0 Å². The molecule has 0 aliphatic carbocycles. The number of carbonyl (C=O) groups is 1. The first-order valence-electron chi connectivity index (χ1n) is 8.40. The molecule has 0 bridgehead atoms. The fraction of sp³-hybridized carbons (Fsp3) is 0.444. The lowest BCUT2D eigenvalue weighted by Crippen LogP contribution is -2.48. The maximum absolute atomic E-state index is 12.6. The summed E-state index contributed by atoms with van der Waals surface area (Å²) in [7, 11) is 0. The van der Waals surface area contributed by atoms with Crippen molar-refractivity contribution in [2.75, 3.05) is 32.8 Å². The van der Waals surface area contributed by atoms with Crippen LogP contribution in [0.1, 0.15) is 16.8 Å². The van der Waals surface area contributed by atoms with Crippen molar-refractivity contribution < 1.29 is 9.53 Å². The van der Waals surface area contributed by atoms with E-state index in [4.69, 9.17) is 4.74 Å². The van der Waals surface area contributed by atoms with Crippen molar-refractivity contribution >= 4 is 17.2 Å². The van der Waals surface area contributed by atoms with Crippen LogP contribution in [0.4, 0.5) is 0 Å². The molecule has 2 aliphatic heterocycles. The number of hydrogen-bond donors (Lipinski definition) is 0. The molecule has 6 heteroatoms. The highest BCUT2D eigenvalue weighted by atomic mass is 32.1. The molecule has 1 saturated heterocycles. The van der Waals surface area contributed by atoms with Crippen molar-refractivity contribution in [3.05, 3.63) is 45.9 Å². The molecule has 1 aromatic heterocycles. The minimum absolute atomic E-state index is 0.224. The summed E-state index contributed by atoms with van der Waals surface area (Å²) >= 11 is 1.63. The third kappa shape index (κ3) is 3.44. The molecule has 1 amide bonds. The molecule has 1 aromatic carbocycles. The van der Waals surface area contributed by atoms with Gasteiger partial charge in [-0.3, -0.25) is 9.69 Å². The van der Waals surface area contributed by atoms with Crippen LogP contribution in [0.2, 0.25) is 0 Å². The summed E-state index contributed by atoms with van der Waals surface area (Å²) in [6, 6.07) is 6.13. The van der Waals surface area contributed by atoms with Crippen molar-refractivity contribution in [3.63, 3.8) is 0 Å². The van der Waals surface area contributed by atoms with E-state index in [1.165, 1.54) is 5.56 Å². The Bertz CT molecular complexity index is 709. The number of hydrogen-bond acceptors (Lipinski definition) is 5. The van der Waals surface area contributed by atoms with Gasteiger partial charge < -0.3 is 9.64 Å². The molecule has 2 aromatic rings. The third-order valence-corrected chi connectivity index (χ3v) is 5.34. The van der Waals surface area contributed by atoms with Gasteiger partial charge in [0.1, 0.15) is 5.75 Å². The summed E-state index contributed by atoms with van der Waals surface area (Å²) in [6.07, 6.45) is 1.44. The van der Waals surface area contributed by atoms with Crippen LogP contribution in [0.5, 0.6) is 5.75 Å². The molecule has 3 heterocycles. The van der Waals surface area contributed by atoms with Crippen LogP contribution in [-0.4, -0.2) is 53.5 Å². The molecule has 24 heavy (non-hydrogen) atoms. The Balaban J connectivity index is 1.30. The van der Waals surface area contributed by atoms with Crippen molar-refractivity contribution in [2.45, 2.75) is 19.4 Å². The van der Waals surface area contributed by atoms with Gasteiger partial charge in [0, 0.05) is 44.5 Å². The predicted octanol–water partition coefficient (Wildman–Crippen LogP) is 1.96. The van der Waals surface area contributed by atoms with E-state index in [0.717, 1.165) is 62.8 Å². The zero-order chi connectivity index (χ0) is 16.4. The number of ether oxygens (including phenoxy) is 1. The SMILES string of the molecule is O=C(Cc1ccc2c(c1)CCO2)N1CCN(Cc2cscn2)CC1. The number of thiazole rings is 1. The van der Waals surface area contributed by atoms with Gasteiger partial charge >= 0.3 is 0 Å². The van der Waals surface area contributed by atoms with E-state index >= 15 is 0 Å². The largest absolute Gasteiger partial charge is 0.493 e. The van der Waals surface area contributed by atoms with E-state index in [1.807, 2.05) is 22.5 Å². The first-order valence-corrected chi connectivity index (χ1v) is 9.34. The van der Waals surface area contributed by atoms with E-state index in [-0.39, 0.29) is 5.91 Å². The van der Waals surface area contributed by atoms with Crippen molar-refractivity contribution in [2.24, 2.45) is 0 Å². The molecular formula is C18H21N3O2S. The van der Waals surface area contributed by atoms with E-state index in [0.29, 0.717) is 6.42 Å². The summed E-state index contributed by atoms with van der Waals surface area (Å²) in [5, 5.41) is 2.09. The Hall–Kier alpha value is -1.92. The Morgan fingerprint density at radius 3 is 2.92 bits per heavy atom. The molecule has 0 atom stereocenters. The van der Waals surface area contributed by atoms with Crippen molar-refractivity contribution in [3.8, 4) is 5.75 Å². The van der Waals surface area contributed by atoms with Crippen LogP contribution in [-0.2, 0) is 24.2 Å². The Labute approximate surface area is 145 Å². The van der Waals surface area contributed by atoms with Gasteiger partial charge in [0.05, 0.1) is 24.2 Å². The number of carbonyl (C=O) groups excluding carboxylic acids is 1. The fourth-order valence-electron chi connectivity index (χ4n) is 3.34. The standard InChI is InChI=1S/C18H21N3O2S/c22-18(10-14-1-2-17-15(9-14)3-8-23-17)21-6-4-20(5-7-21)11-16-12-24-13-19-16/h1-2,9,12-13H,3-8,10-11H2. The smallest absolute Gasteiger partial charge is 0.227 e. The first-order chi connectivity index (χ1) is 11.8. The number of piperazine rings is 1. The summed E-state index contributed by atoms with van der Waals surface area (Å²) in [6.45, 7) is 5.08. The summed E-state index contributed by atoms with van der Waals surface area (Å²) in [5.41, 5.74) is 5.32. The Morgan fingerprint density at radius 2 is 2.12 bits per heavy atom. The van der Waals surface area contributed by atoms with E-state index in [9.17, 15) is 4.79 Å². The van der Waals surface area contributed by atoms with Gasteiger partial charge in [-0.15, -0.1) is 11.3 Å². The Morgan fingerprint density at radius 1 is 1.25 bits per heavy atom. The van der Waals surface area contributed by atoms with Gasteiger partial charge in [0.2, 0.25) is 5.91 Å². The van der Waals surface area contributed by atoms with E-state index in [1.54, 1.807) is 11.3 Å². The molecule has 2 aliphatic rings. The van der Waals surface area contributed by atoms with Gasteiger partial charge in [-0.25, -0.2) is 4.98 Å². The lowest BCUT2D eigenvalue weighted by molar-refractivity contribution is -0.132. The van der Waals surface area contributed by atoms with E-state index < -0.39 is 0 Å². The lowest BCUT2D eigenvalue weighted by Gasteiger charge is -2.34. The highest BCUT2D eigenvalue weighted by Gasteiger charge is 2.22. The summed E-state index contributed by atoms with van der Waals surface area (Å²) in [4.78, 5) is 21.2. The third-order valence-electron chi connectivity index (χ3n) is 4.70. The van der Waals surface area contributed by atoms with Crippen LogP contribution in [0, 0.1) is 0 Å². The molecule has 5 nitrogen and oxygen atoms in total. The zero-order valence-corrected chi connectivity index (χ0v) is 14.4. The second-order valence-corrected chi connectivity index (χ2v) is 7.07. The molecule has 126 valence electrons. The Kier molecular flexibility index (Phi) is 4.49. The van der Waals surface area contributed by atoms with Crippen LogP contribution in [0.15, 0.2) is 29.1 Å². The van der Waals surface area contributed by atoms with Gasteiger partial charge in [-0.2, -0.15) is 0 Å². The normalized spacial score (nSPS) is 17.6. The number of benzene rings is 1. The minimum Gasteiger partial charge on any atom is -0.493 e. The lowest BCUT2D eigenvalue weighted by atomic mass is 10.1. The number of nitrogens with zero attached hydrogens (tertiary/aromatic N) is 3. The molecule has 4 rings (SSSR count).